The summed E-state index contributed by atoms with van der Waals surface area (Å²) in [6, 6.07) is 16.1. The molecule has 4 rings (SSSR count). The molecule has 0 radical (unpaired) electrons. The van der Waals surface area contributed by atoms with Gasteiger partial charge in [-0.2, -0.15) is 0 Å². The molecule has 2 aliphatic rings. The van der Waals surface area contributed by atoms with Gasteiger partial charge in [-0.1, -0.05) is 17.8 Å². The fourth-order valence-corrected chi connectivity index (χ4v) is 4.77. The molecule has 2 aliphatic heterocycles. The van der Waals surface area contributed by atoms with Crippen LogP contribution in [0.3, 0.4) is 0 Å². The van der Waals surface area contributed by atoms with Gasteiger partial charge in [0.1, 0.15) is 5.75 Å². The predicted molar refractivity (Wildman–Crippen MR) is 104 cm³/mol. The normalized spacial score (nSPS) is 24.3. The molecule has 2 aromatic carbocycles. The van der Waals surface area contributed by atoms with Crippen LogP contribution in [0.4, 0.5) is 0 Å². The van der Waals surface area contributed by atoms with Gasteiger partial charge in [-0.25, -0.2) is 0 Å². The number of amides is 1. The Morgan fingerprint density at radius 3 is 2.77 bits per heavy atom. The molecule has 1 amide bonds. The number of piperidine rings is 1. The van der Waals surface area contributed by atoms with E-state index in [1.54, 1.807) is 18.9 Å². The third-order valence-electron chi connectivity index (χ3n) is 5.20. The zero-order valence-corrected chi connectivity index (χ0v) is 15.8. The van der Waals surface area contributed by atoms with E-state index >= 15 is 0 Å². The van der Waals surface area contributed by atoms with Crippen LogP contribution in [0.25, 0.3) is 0 Å². The van der Waals surface area contributed by atoms with E-state index in [-0.39, 0.29) is 11.9 Å². The minimum Gasteiger partial charge on any atom is -0.497 e. The predicted octanol–water partition coefficient (Wildman–Crippen LogP) is 3.67. The molecule has 4 nitrogen and oxygen atoms in total. The number of carbonyl (C=O) groups excluding carboxylic acids is 1. The zero-order chi connectivity index (χ0) is 17.9. The van der Waals surface area contributed by atoms with E-state index in [4.69, 9.17) is 4.74 Å². The molecular weight excluding hydrogens is 344 g/mol. The summed E-state index contributed by atoms with van der Waals surface area (Å²) in [7, 11) is 1.67. The molecular formula is C21H24N2O2S. The highest BCUT2D eigenvalue weighted by atomic mass is 32.2. The lowest BCUT2D eigenvalue weighted by atomic mass is 9.96. The Hall–Kier alpha value is -1.98. The largest absolute Gasteiger partial charge is 0.497 e. The summed E-state index contributed by atoms with van der Waals surface area (Å²) in [5.41, 5.74) is 0.730. The molecule has 5 heteroatoms. The van der Waals surface area contributed by atoms with Crippen LogP contribution in [0.1, 0.15) is 23.2 Å². The fourth-order valence-electron chi connectivity index (χ4n) is 3.91. The lowest BCUT2D eigenvalue weighted by Crippen LogP contribution is -2.47. The van der Waals surface area contributed by atoms with Crippen LogP contribution in [0, 0.1) is 5.92 Å². The van der Waals surface area contributed by atoms with Crippen molar-refractivity contribution in [2.45, 2.75) is 28.7 Å². The van der Waals surface area contributed by atoms with Crippen LogP contribution in [-0.2, 0) is 0 Å². The van der Waals surface area contributed by atoms with Crippen molar-refractivity contribution in [2.24, 2.45) is 5.92 Å². The number of hydrogen-bond acceptors (Lipinski definition) is 4. The van der Waals surface area contributed by atoms with Gasteiger partial charge < -0.3 is 15.0 Å². The van der Waals surface area contributed by atoms with Crippen LogP contribution < -0.4 is 10.1 Å². The Morgan fingerprint density at radius 1 is 1.15 bits per heavy atom. The van der Waals surface area contributed by atoms with Crippen molar-refractivity contribution in [3.63, 3.8) is 0 Å². The number of benzene rings is 2. The van der Waals surface area contributed by atoms with Gasteiger partial charge in [0.2, 0.25) is 0 Å². The van der Waals surface area contributed by atoms with Gasteiger partial charge in [-0.3, -0.25) is 4.79 Å². The van der Waals surface area contributed by atoms with E-state index < -0.39 is 0 Å². The van der Waals surface area contributed by atoms with Crippen LogP contribution in [0.15, 0.2) is 58.3 Å². The van der Waals surface area contributed by atoms with Gasteiger partial charge in [0.05, 0.1) is 7.11 Å². The monoisotopic (exact) mass is 368 g/mol. The minimum atomic E-state index is 0.0374. The Labute approximate surface area is 158 Å². The topological polar surface area (TPSA) is 41.6 Å². The maximum atomic E-state index is 12.5. The van der Waals surface area contributed by atoms with E-state index in [2.05, 4.69) is 16.3 Å². The average molecular weight is 369 g/mol. The minimum absolute atomic E-state index is 0.0374. The number of methoxy groups -OCH3 is 1. The first-order valence-electron chi connectivity index (χ1n) is 9.15. The lowest BCUT2D eigenvalue weighted by molar-refractivity contribution is 0.0909. The van der Waals surface area contributed by atoms with Gasteiger partial charge in [0.15, 0.2) is 0 Å². The van der Waals surface area contributed by atoms with E-state index in [0.717, 1.165) is 40.0 Å². The third-order valence-corrected chi connectivity index (χ3v) is 6.19. The second kappa shape index (κ2) is 7.72. The lowest BCUT2D eigenvalue weighted by Gasteiger charge is -2.30. The number of carbonyl (C=O) groups is 1. The summed E-state index contributed by atoms with van der Waals surface area (Å²) >= 11 is 1.66. The van der Waals surface area contributed by atoms with Crippen LogP contribution in [-0.4, -0.2) is 43.6 Å². The number of ether oxygens (including phenoxy) is 1. The summed E-state index contributed by atoms with van der Waals surface area (Å²) in [5, 5.41) is 3.22. The van der Waals surface area contributed by atoms with Crippen molar-refractivity contribution in [1.29, 1.82) is 0 Å². The maximum absolute atomic E-state index is 12.5. The number of nitrogens with zero attached hydrogens (tertiary/aromatic N) is 1. The van der Waals surface area contributed by atoms with Gasteiger partial charge in [0.25, 0.3) is 5.91 Å². The van der Waals surface area contributed by atoms with E-state index in [1.807, 2.05) is 42.5 Å². The summed E-state index contributed by atoms with van der Waals surface area (Å²) in [6.07, 6.45) is 2.40. The SMILES string of the molecule is COc1cccc(Sc2ccc(C(=O)N[C@@H]3C[C@H]4CCN(C4)C3)cc2)c1. The third kappa shape index (κ3) is 4.05. The van der Waals surface area contributed by atoms with Gasteiger partial charge in [-0.15, -0.1) is 0 Å². The average Bonchev–Trinajstić information content (AvgIpc) is 3.00. The number of nitrogens with one attached hydrogen (secondary N) is 1. The van der Waals surface area contributed by atoms with Crippen LogP contribution in [0.5, 0.6) is 5.75 Å². The Kier molecular flexibility index (Phi) is 5.18. The first-order chi connectivity index (χ1) is 12.7. The van der Waals surface area contributed by atoms with E-state index in [9.17, 15) is 4.79 Å². The van der Waals surface area contributed by atoms with Crippen molar-refractivity contribution >= 4 is 17.7 Å². The highest BCUT2D eigenvalue weighted by molar-refractivity contribution is 7.99. The quantitative estimate of drug-likeness (QED) is 0.874. The molecule has 0 spiro atoms. The smallest absolute Gasteiger partial charge is 0.251 e. The maximum Gasteiger partial charge on any atom is 0.251 e. The molecule has 0 aliphatic carbocycles. The van der Waals surface area contributed by atoms with E-state index in [1.165, 1.54) is 19.5 Å². The van der Waals surface area contributed by atoms with Crippen molar-refractivity contribution in [3.8, 4) is 5.75 Å². The zero-order valence-electron chi connectivity index (χ0n) is 15.0. The molecule has 1 unspecified atom stereocenters. The molecule has 2 saturated heterocycles. The van der Waals surface area contributed by atoms with Crippen molar-refractivity contribution in [2.75, 3.05) is 26.7 Å². The highest BCUT2D eigenvalue weighted by Gasteiger charge is 2.32. The first-order valence-corrected chi connectivity index (χ1v) is 9.96. The number of hydrogen-bond donors (Lipinski definition) is 1. The Balaban J connectivity index is 1.36. The molecule has 0 saturated carbocycles. The molecule has 0 aromatic heterocycles. The van der Waals surface area contributed by atoms with Crippen molar-refractivity contribution < 1.29 is 9.53 Å². The highest BCUT2D eigenvalue weighted by Crippen LogP contribution is 2.30. The van der Waals surface area contributed by atoms with E-state index in [0.29, 0.717) is 0 Å². The van der Waals surface area contributed by atoms with Crippen LogP contribution in [0.2, 0.25) is 0 Å². The van der Waals surface area contributed by atoms with Crippen molar-refractivity contribution in [1.82, 2.24) is 10.2 Å². The molecule has 1 N–H and O–H groups in total. The molecule has 136 valence electrons. The number of fused-ring (bicyclic) bond motifs is 2. The molecule has 2 bridgehead atoms. The summed E-state index contributed by atoms with van der Waals surface area (Å²) < 4.78 is 5.27. The van der Waals surface area contributed by atoms with Crippen molar-refractivity contribution in [3.05, 3.63) is 54.1 Å². The van der Waals surface area contributed by atoms with Gasteiger partial charge in [-0.05, 0) is 67.8 Å². The molecule has 3 atom stereocenters. The molecule has 2 aromatic rings. The summed E-state index contributed by atoms with van der Waals surface area (Å²) in [4.78, 5) is 17.2. The van der Waals surface area contributed by atoms with Crippen LogP contribution >= 0.6 is 11.8 Å². The second-order valence-electron chi connectivity index (χ2n) is 7.13. The van der Waals surface area contributed by atoms with Gasteiger partial charge >= 0.3 is 0 Å². The summed E-state index contributed by atoms with van der Waals surface area (Å²) in [6.45, 7) is 3.39. The Morgan fingerprint density at radius 2 is 2.00 bits per heavy atom. The first kappa shape index (κ1) is 17.4. The Bertz CT molecular complexity index is 766. The standard InChI is InChI=1S/C21H24N2O2S/c1-25-18-3-2-4-20(12-18)26-19-7-5-16(6-8-19)21(24)22-17-11-15-9-10-23(13-15)14-17/h2-8,12,15,17H,9-11,13-14H2,1H3,(H,22,24)/t15-,17-/m1/s1. The molecule has 26 heavy (non-hydrogen) atoms. The van der Waals surface area contributed by atoms with Gasteiger partial charge in [0, 0.05) is 34.5 Å². The molecule has 2 heterocycles. The molecule has 2 fully saturated rings. The number of rotatable bonds is 5. The second-order valence-corrected chi connectivity index (χ2v) is 8.27. The fraction of sp³-hybridized carbons (Fsp3) is 0.381. The summed E-state index contributed by atoms with van der Waals surface area (Å²) in [5.74, 6) is 1.65.